The number of aryl methyl sites for hydroxylation is 2. The van der Waals surface area contributed by atoms with Crippen LogP contribution in [0.15, 0.2) is 0 Å². The number of fused-ring (bicyclic) bond motifs is 1. The zero-order chi connectivity index (χ0) is 14.8. The van der Waals surface area contributed by atoms with Crippen LogP contribution in [0.2, 0.25) is 0 Å². The maximum Gasteiger partial charge on any atom is 0.251 e. The molecule has 5 nitrogen and oxygen atoms in total. The average Bonchev–Trinajstić information content (AvgIpc) is 3.12. The highest BCUT2D eigenvalue weighted by Gasteiger charge is 2.32. The largest absolute Gasteiger partial charge is 0.364 e. The topological polar surface area (TPSA) is 68.5 Å². The van der Waals surface area contributed by atoms with Crippen LogP contribution < -0.4 is 5.73 Å². The molecule has 3 rings (SSSR count). The molecule has 0 aromatic carbocycles. The molecule has 132 valence electrons. The van der Waals surface area contributed by atoms with E-state index in [-0.39, 0.29) is 42.9 Å². The minimum atomic E-state index is -0.321. The lowest BCUT2D eigenvalue weighted by Crippen LogP contribution is -2.36. The van der Waals surface area contributed by atoms with E-state index in [4.69, 9.17) is 15.5 Å². The van der Waals surface area contributed by atoms with Crippen molar-refractivity contribution in [3.63, 3.8) is 0 Å². The number of hydrogen-bond acceptors (Lipinski definition) is 5. The quantitative estimate of drug-likeness (QED) is 0.868. The number of carbonyl (C=O) groups excluding carboxylic acids is 1. The van der Waals surface area contributed by atoms with Crippen molar-refractivity contribution in [1.29, 1.82) is 0 Å². The molecule has 1 aromatic rings. The fourth-order valence-corrected chi connectivity index (χ4v) is 4.27. The van der Waals surface area contributed by atoms with Crippen molar-refractivity contribution >= 4 is 42.1 Å². The summed E-state index contributed by atoms with van der Waals surface area (Å²) in [5, 5.41) is 1.05. The molecule has 1 fully saturated rings. The van der Waals surface area contributed by atoms with Gasteiger partial charge in [-0.2, -0.15) is 0 Å². The predicted octanol–water partition coefficient (Wildman–Crippen LogP) is 2.33. The Labute approximate surface area is 153 Å². The fraction of sp³-hybridized carbons (Fsp3) is 0.733. The lowest BCUT2D eigenvalue weighted by Gasteiger charge is -2.20. The van der Waals surface area contributed by atoms with Gasteiger partial charge in [0.05, 0.1) is 18.3 Å². The fourth-order valence-electron chi connectivity index (χ4n) is 3.06. The summed E-state index contributed by atoms with van der Waals surface area (Å²) in [6.45, 7) is 1.08. The van der Waals surface area contributed by atoms with Crippen LogP contribution in [-0.2, 0) is 28.9 Å². The van der Waals surface area contributed by atoms with Gasteiger partial charge in [0.1, 0.15) is 11.1 Å². The van der Waals surface area contributed by atoms with Crippen LogP contribution >= 0.6 is 36.2 Å². The summed E-state index contributed by atoms with van der Waals surface area (Å²) in [5.41, 5.74) is 6.85. The highest BCUT2D eigenvalue weighted by molar-refractivity contribution is 7.11. The smallest absolute Gasteiger partial charge is 0.251 e. The third kappa shape index (κ3) is 4.79. The predicted molar refractivity (Wildman–Crippen MR) is 96.7 cm³/mol. The Morgan fingerprint density at radius 2 is 2.09 bits per heavy atom. The normalized spacial score (nSPS) is 22.7. The van der Waals surface area contributed by atoms with Crippen LogP contribution in [-0.4, -0.2) is 41.6 Å². The van der Waals surface area contributed by atoms with Gasteiger partial charge < -0.3 is 15.4 Å². The van der Waals surface area contributed by atoms with Crippen molar-refractivity contribution in [1.82, 2.24) is 9.88 Å². The number of halogens is 2. The van der Waals surface area contributed by atoms with Gasteiger partial charge in [-0.3, -0.25) is 4.79 Å². The second-order valence-corrected chi connectivity index (χ2v) is 7.11. The Balaban J connectivity index is 0.00000132. The second-order valence-electron chi connectivity index (χ2n) is 5.94. The number of nitrogens with zero attached hydrogens (tertiary/aromatic N) is 2. The number of ether oxygens (including phenoxy) is 1. The van der Waals surface area contributed by atoms with Gasteiger partial charge in [0.15, 0.2) is 0 Å². The third-order valence-electron chi connectivity index (χ3n) is 4.28. The first-order valence-corrected chi connectivity index (χ1v) is 8.57. The maximum atomic E-state index is 12.4. The molecule has 0 bridgehead atoms. The lowest BCUT2D eigenvalue weighted by molar-refractivity contribution is -0.141. The molecule has 0 spiro atoms. The molecule has 0 saturated carbocycles. The standard InChI is InChI=1S/C15H23N3O2S.2ClH/c1-18(15(19)12-7-6-10(8-16)20-12)9-14-17-11-4-2-3-5-13(11)21-14;;/h10,12H,2-9,16H2,1H3;2*1H/t10-,12+;;/m1../s1. The van der Waals surface area contributed by atoms with Crippen LogP contribution in [0, 0.1) is 0 Å². The van der Waals surface area contributed by atoms with E-state index < -0.39 is 0 Å². The molecule has 2 atom stereocenters. The van der Waals surface area contributed by atoms with Gasteiger partial charge in [-0.1, -0.05) is 0 Å². The molecular weight excluding hydrogens is 357 g/mol. The second kappa shape index (κ2) is 9.18. The van der Waals surface area contributed by atoms with Gasteiger partial charge in [-0.15, -0.1) is 36.2 Å². The number of aromatic nitrogens is 1. The summed E-state index contributed by atoms with van der Waals surface area (Å²) >= 11 is 1.76. The summed E-state index contributed by atoms with van der Waals surface area (Å²) in [4.78, 5) is 20.2. The Morgan fingerprint density at radius 1 is 1.35 bits per heavy atom. The number of nitrogens with two attached hydrogens (primary N) is 1. The highest BCUT2D eigenvalue weighted by Crippen LogP contribution is 2.28. The number of likely N-dealkylation sites (N-methyl/N-ethyl adjacent to an activating group) is 1. The average molecular weight is 382 g/mol. The van der Waals surface area contributed by atoms with Gasteiger partial charge in [-0.05, 0) is 38.5 Å². The summed E-state index contributed by atoms with van der Waals surface area (Å²) < 4.78 is 5.68. The van der Waals surface area contributed by atoms with Crippen LogP contribution in [0.1, 0.15) is 41.3 Å². The summed E-state index contributed by atoms with van der Waals surface area (Å²) in [6.07, 6.45) is 6.12. The van der Waals surface area contributed by atoms with Crippen molar-refractivity contribution in [2.45, 2.75) is 57.3 Å². The molecule has 1 saturated heterocycles. The molecule has 2 aliphatic rings. The first kappa shape index (κ1) is 20.6. The highest BCUT2D eigenvalue weighted by atomic mass is 35.5. The SMILES string of the molecule is CN(Cc1nc2c(s1)CCCC2)C(=O)[C@@H]1CC[C@H](CN)O1.Cl.Cl. The molecule has 8 heteroatoms. The Hall–Kier alpha value is -0.400. The molecule has 1 aromatic heterocycles. The maximum absolute atomic E-state index is 12.4. The minimum Gasteiger partial charge on any atom is -0.364 e. The molecular formula is C15H25Cl2N3O2S. The van der Waals surface area contributed by atoms with E-state index in [2.05, 4.69) is 0 Å². The Morgan fingerprint density at radius 3 is 2.74 bits per heavy atom. The van der Waals surface area contributed by atoms with Gasteiger partial charge >= 0.3 is 0 Å². The zero-order valence-corrected chi connectivity index (χ0v) is 15.8. The molecule has 1 aliphatic heterocycles. The van der Waals surface area contributed by atoms with Crippen molar-refractivity contribution in [3.8, 4) is 0 Å². The molecule has 23 heavy (non-hydrogen) atoms. The van der Waals surface area contributed by atoms with Gasteiger partial charge in [-0.25, -0.2) is 4.98 Å². The number of rotatable bonds is 4. The Bertz CT molecular complexity index is 503. The summed E-state index contributed by atoms with van der Waals surface area (Å²) in [6, 6.07) is 0. The van der Waals surface area contributed by atoms with Gasteiger partial charge in [0, 0.05) is 18.5 Å². The summed E-state index contributed by atoms with van der Waals surface area (Å²) in [7, 11) is 1.84. The number of amides is 1. The van der Waals surface area contributed by atoms with E-state index >= 15 is 0 Å². The first-order valence-electron chi connectivity index (χ1n) is 7.75. The van der Waals surface area contributed by atoms with Crippen molar-refractivity contribution in [2.24, 2.45) is 5.73 Å². The van der Waals surface area contributed by atoms with E-state index in [0.29, 0.717) is 13.1 Å². The monoisotopic (exact) mass is 381 g/mol. The van der Waals surface area contributed by atoms with Crippen molar-refractivity contribution in [3.05, 3.63) is 15.6 Å². The molecule has 0 unspecified atom stereocenters. The molecule has 1 amide bonds. The number of thiazole rings is 1. The minimum absolute atomic E-state index is 0. The van der Waals surface area contributed by atoms with E-state index in [1.807, 2.05) is 7.05 Å². The Kier molecular flexibility index (Phi) is 8.24. The zero-order valence-electron chi connectivity index (χ0n) is 13.3. The molecule has 2 heterocycles. The van der Waals surface area contributed by atoms with E-state index in [1.54, 1.807) is 16.2 Å². The van der Waals surface area contributed by atoms with Gasteiger partial charge in [0.25, 0.3) is 5.91 Å². The molecule has 2 N–H and O–H groups in total. The van der Waals surface area contributed by atoms with E-state index in [1.165, 1.54) is 23.4 Å². The lowest BCUT2D eigenvalue weighted by atomic mass is 10.0. The van der Waals surface area contributed by atoms with Crippen LogP contribution in [0.3, 0.4) is 0 Å². The number of carbonyl (C=O) groups is 1. The molecule has 0 radical (unpaired) electrons. The van der Waals surface area contributed by atoms with Crippen molar-refractivity contribution in [2.75, 3.05) is 13.6 Å². The van der Waals surface area contributed by atoms with Crippen LogP contribution in [0.5, 0.6) is 0 Å². The first-order chi connectivity index (χ1) is 10.2. The van der Waals surface area contributed by atoms with Crippen LogP contribution in [0.4, 0.5) is 0 Å². The van der Waals surface area contributed by atoms with Crippen LogP contribution in [0.25, 0.3) is 0 Å². The summed E-state index contributed by atoms with van der Waals surface area (Å²) in [5.74, 6) is 0.0547. The number of hydrogen-bond donors (Lipinski definition) is 1. The van der Waals surface area contributed by atoms with E-state index in [0.717, 1.165) is 30.7 Å². The molecule has 1 aliphatic carbocycles. The van der Waals surface area contributed by atoms with Gasteiger partial charge in [0.2, 0.25) is 0 Å². The third-order valence-corrected chi connectivity index (χ3v) is 5.43. The van der Waals surface area contributed by atoms with E-state index in [9.17, 15) is 4.79 Å². The van der Waals surface area contributed by atoms with Crippen molar-refractivity contribution < 1.29 is 9.53 Å².